The highest BCUT2D eigenvalue weighted by molar-refractivity contribution is 5.76. The molecule has 2 N–H and O–H groups in total. The number of carbonyl (C=O) groups excluding carboxylic acids is 1. The van der Waals surface area contributed by atoms with Gasteiger partial charge in [0, 0.05) is 11.6 Å². The molecule has 1 heterocycles. The molecule has 1 unspecified atom stereocenters. The standard InChI is InChI=1S/C14H20N2O3/c1-18-10-5-6-13(19-2)11(8-10)12-4-3-7-16(12)9-14(15)17/h5-6,8,12H,3-4,7,9H2,1-2H3,(H2,15,17). The number of amides is 1. The SMILES string of the molecule is COc1ccc(OC)c(C2CCCN2CC(N)=O)c1. The Balaban J connectivity index is 2.30. The molecular weight excluding hydrogens is 244 g/mol. The topological polar surface area (TPSA) is 64.8 Å². The normalized spacial score (nSPS) is 19.4. The van der Waals surface area contributed by atoms with Gasteiger partial charge in [-0.3, -0.25) is 9.69 Å². The summed E-state index contributed by atoms with van der Waals surface area (Å²) in [5.74, 6) is 1.32. The molecule has 5 nitrogen and oxygen atoms in total. The molecule has 1 saturated heterocycles. The first-order valence-electron chi connectivity index (χ1n) is 6.40. The van der Waals surface area contributed by atoms with E-state index in [1.54, 1.807) is 14.2 Å². The van der Waals surface area contributed by atoms with Crippen LogP contribution in [0.15, 0.2) is 18.2 Å². The number of benzene rings is 1. The van der Waals surface area contributed by atoms with Gasteiger partial charge in [0.25, 0.3) is 0 Å². The van der Waals surface area contributed by atoms with Gasteiger partial charge in [-0.05, 0) is 37.6 Å². The zero-order chi connectivity index (χ0) is 13.8. The van der Waals surface area contributed by atoms with Crippen molar-refractivity contribution in [3.63, 3.8) is 0 Å². The van der Waals surface area contributed by atoms with Gasteiger partial charge < -0.3 is 15.2 Å². The summed E-state index contributed by atoms with van der Waals surface area (Å²) in [6.45, 7) is 1.17. The van der Waals surface area contributed by atoms with Gasteiger partial charge in [0.15, 0.2) is 0 Å². The summed E-state index contributed by atoms with van der Waals surface area (Å²) < 4.78 is 10.7. The van der Waals surface area contributed by atoms with Crippen LogP contribution < -0.4 is 15.2 Å². The number of primary amides is 1. The van der Waals surface area contributed by atoms with Crippen LogP contribution in [0.1, 0.15) is 24.4 Å². The van der Waals surface area contributed by atoms with Gasteiger partial charge in [0.2, 0.25) is 5.91 Å². The van der Waals surface area contributed by atoms with Crippen molar-refractivity contribution in [1.29, 1.82) is 0 Å². The molecular formula is C14H20N2O3. The lowest BCUT2D eigenvalue weighted by molar-refractivity contribution is -0.119. The van der Waals surface area contributed by atoms with E-state index in [4.69, 9.17) is 15.2 Å². The van der Waals surface area contributed by atoms with Gasteiger partial charge >= 0.3 is 0 Å². The van der Waals surface area contributed by atoms with E-state index in [1.807, 2.05) is 18.2 Å². The van der Waals surface area contributed by atoms with Crippen LogP contribution in [0.3, 0.4) is 0 Å². The molecule has 1 atom stereocenters. The smallest absolute Gasteiger partial charge is 0.231 e. The molecule has 1 fully saturated rings. The molecule has 0 radical (unpaired) electrons. The van der Waals surface area contributed by atoms with Crippen molar-refractivity contribution >= 4 is 5.91 Å². The summed E-state index contributed by atoms with van der Waals surface area (Å²) >= 11 is 0. The molecule has 0 spiro atoms. The quantitative estimate of drug-likeness (QED) is 0.871. The lowest BCUT2D eigenvalue weighted by Gasteiger charge is -2.25. The second-order valence-electron chi connectivity index (χ2n) is 4.70. The van der Waals surface area contributed by atoms with Gasteiger partial charge in [-0.1, -0.05) is 0 Å². The first-order chi connectivity index (χ1) is 9.15. The molecule has 0 bridgehead atoms. The zero-order valence-electron chi connectivity index (χ0n) is 11.4. The molecule has 0 saturated carbocycles. The van der Waals surface area contributed by atoms with Crippen molar-refractivity contribution in [1.82, 2.24) is 4.90 Å². The van der Waals surface area contributed by atoms with Crippen LogP contribution >= 0.6 is 0 Å². The first-order valence-corrected chi connectivity index (χ1v) is 6.40. The van der Waals surface area contributed by atoms with Crippen molar-refractivity contribution in [2.75, 3.05) is 27.3 Å². The van der Waals surface area contributed by atoms with Crippen molar-refractivity contribution < 1.29 is 14.3 Å². The second-order valence-corrected chi connectivity index (χ2v) is 4.70. The van der Waals surface area contributed by atoms with Gasteiger partial charge in [-0.15, -0.1) is 0 Å². The van der Waals surface area contributed by atoms with Crippen molar-refractivity contribution in [2.24, 2.45) is 5.73 Å². The molecule has 19 heavy (non-hydrogen) atoms. The molecule has 0 aromatic heterocycles. The molecule has 1 aromatic rings. The van der Waals surface area contributed by atoms with Gasteiger partial charge in [0.05, 0.1) is 20.8 Å². The molecule has 1 amide bonds. The Kier molecular flexibility index (Phi) is 4.27. The van der Waals surface area contributed by atoms with Crippen LogP contribution in [0.5, 0.6) is 11.5 Å². The van der Waals surface area contributed by atoms with Crippen molar-refractivity contribution in [3.8, 4) is 11.5 Å². The zero-order valence-corrected chi connectivity index (χ0v) is 11.4. The van der Waals surface area contributed by atoms with Gasteiger partial charge in [-0.2, -0.15) is 0 Å². The van der Waals surface area contributed by atoms with E-state index in [0.29, 0.717) is 0 Å². The number of nitrogens with two attached hydrogens (primary N) is 1. The highest BCUT2D eigenvalue weighted by Crippen LogP contribution is 2.38. The van der Waals surface area contributed by atoms with Crippen molar-refractivity contribution in [2.45, 2.75) is 18.9 Å². The van der Waals surface area contributed by atoms with Crippen LogP contribution in [0.2, 0.25) is 0 Å². The average Bonchev–Trinajstić information content (AvgIpc) is 2.85. The minimum Gasteiger partial charge on any atom is -0.497 e. The minimum atomic E-state index is -0.297. The molecule has 2 rings (SSSR count). The summed E-state index contributed by atoms with van der Waals surface area (Å²) in [4.78, 5) is 13.2. The van der Waals surface area contributed by atoms with E-state index in [0.717, 1.165) is 36.4 Å². The molecule has 5 heteroatoms. The van der Waals surface area contributed by atoms with E-state index in [2.05, 4.69) is 4.90 Å². The molecule has 1 aromatic carbocycles. The van der Waals surface area contributed by atoms with Crippen LogP contribution in [0, 0.1) is 0 Å². The highest BCUT2D eigenvalue weighted by atomic mass is 16.5. The maximum absolute atomic E-state index is 11.1. The fourth-order valence-electron chi connectivity index (χ4n) is 2.67. The van der Waals surface area contributed by atoms with E-state index < -0.39 is 0 Å². The third-order valence-corrected chi connectivity index (χ3v) is 3.52. The Hall–Kier alpha value is -1.75. The number of hydrogen-bond acceptors (Lipinski definition) is 4. The lowest BCUT2D eigenvalue weighted by Crippen LogP contribution is -2.33. The molecule has 0 aliphatic carbocycles. The van der Waals surface area contributed by atoms with Crippen molar-refractivity contribution in [3.05, 3.63) is 23.8 Å². The lowest BCUT2D eigenvalue weighted by atomic mass is 10.0. The first kappa shape index (κ1) is 13.7. The predicted octanol–water partition coefficient (Wildman–Crippen LogP) is 1.33. The minimum absolute atomic E-state index is 0.164. The number of ether oxygens (including phenoxy) is 2. The van der Waals surface area contributed by atoms with E-state index in [9.17, 15) is 4.79 Å². The summed E-state index contributed by atoms with van der Waals surface area (Å²) in [5, 5.41) is 0. The second kappa shape index (κ2) is 5.93. The third-order valence-electron chi connectivity index (χ3n) is 3.52. The number of carbonyl (C=O) groups is 1. The Labute approximate surface area is 113 Å². The van der Waals surface area contributed by atoms with Crippen LogP contribution in [0.25, 0.3) is 0 Å². The number of methoxy groups -OCH3 is 2. The van der Waals surface area contributed by atoms with Crippen LogP contribution in [0.4, 0.5) is 0 Å². The maximum Gasteiger partial charge on any atom is 0.231 e. The largest absolute Gasteiger partial charge is 0.497 e. The Bertz CT molecular complexity index is 462. The number of rotatable bonds is 5. The van der Waals surface area contributed by atoms with E-state index in [1.165, 1.54) is 0 Å². The fraction of sp³-hybridized carbons (Fsp3) is 0.500. The highest BCUT2D eigenvalue weighted by Gasteiger charge is 2.29. The predicted molar refractivity (Wildman–Crippen MR) is 72.3 cm³/mol. The Morgan fingerprint density at radius 1 is 1.42 bits per heavy atom. The summed E-state index contributed by atoms with van der Waals surface area (Å²) in [5.41, 5.74) is 6.36. The fourth-order valence-corrected chi connectivity index (χ4v) is 2.67. The van der Waals surface area contributed by atoms with Gasteiger partial charge in [0.1, 0.15) is 11.5 Å². The molecule has 104 valence electrons. The Morgan fingerprint density at radius 3 is 2.84 bits per heavy atom. The summed E-state index contributed by atoms with van der Waals surface area (Å²) in [6, 6.07) is 5.91. The van der Waals surface area contributed by atoms with E-state index >= 15 is 0 Å². The Morgan fingerprint density at radius 2 is 2.21 bits per heavy atom. The summed E-state index contributed by atoms with van der Waals surface area (Å²) in [6.07, 6.45) is 2.05. The number of nitrogens with zero attached hydrogens (tertiary/aromatic N) is 1. The third kappa shape index (κ3) is 2.98. The monoisotopic (exact) mass is 264 g/mol. The molecule has 1 aliphatic heterocycles. The van der Waals surface area contributed by atoms with E-state index in [-0.39, 0.29) is 18.5 Å². The summed E-state index contributed by atoms with van der Waals surface area (Å²) in [7, 11) is 3.29. The van der Waals surface area contributed by atoms with Crippen LogP contribution in [-0.4, -0.2) is 38.1 Å². The molecule has 1 aliphatic rings. The average molecular weight is 264 g/mol. The van der Waals surface area contributed by atoms with Crippen LogP contribution in [-0.2, 0) is 4.79 Å². The number of likely N-dealkylation sites (tertiary alicyclic amines) is 1. The van der Waals surface area contributed by atoms with Gasteiger partial charge in [-0.25, -0.2) is 0 Å². The number of hydrogen-bond donors (Lipinski definition) is 1. The maximum atomic E-state index is 11.1.